The van der Waals surface area contributed by atoms with Gasteiger partial charge < -0.3 is 24.6 Å². The zero-order valence-electron chi connectivity index (χ0n) is 22.8. The molecular formula is C28H33F2N7O4. The molecule has 0 unspecified atom stereocenters. The quantitative estimate of drug-likeness (QED) is 0.462. The second-order valence-corrected chi connectivity index (χ2v) is 10.7. The highest BCUT2D eigenvalue weighted by Crippen LogP contribution is 2.32. The van der Waals surface area contributed by atoms with Crippen LogP contribution < -0.4 is 15.0 Å². The molecule has 2 aliphatic heterocycles. The summed E-state index contributed by atoms with van der Waals surface area (Å²) in [6.45, 7) is 4.23. The van der Waals surface area contributed by atoms with Crippen LogP contribution in [-0.2, 0) is 14.3 Å². The molecular weight excluding hydrogens is 536 g/mol. The number of anilines is 1. The number of carbonyl (C=O) groups excluding carboxylic acids is 2. The minimum Gasteiger partial charge on any atom is -0.474 e. The van der Waals surface area contributed by atoms with Crippen LogP contribution in [0.2, 0.25) is 0 Å². The van der Waals surface area contributed by atoms with E-state index in [2.05, 4.69) is 20.3 Å². The first kappa shape index (κ1) is 27.3. The van der Waals surface area contributed by atoms with Crippen LogP contribution in [0.3, 0.4) is 0 Å². The number of rotatable bonds is 7. The number of amides is 2. The van der Waals surface area contributed by atoms with Gasteiger partial charge in [0.2, 0.25) is 23.6 Å². The number of imidazole rings is 1. The number of hydrogen-bond donors (Lipinski definition) is 1. The Morgan fingerprint density at radius 1 is 1.05 bits per heavy atom. The highest BCUT2D eigenvalue weighted by Gasteiger charge is 2.38. The van der Waals surface area contributed by atoms with E-state index in [4.69, 9.17) is 9.47 Å². The smallest absolute Gasteiger partial charge is 0.296 e. The number of benzene rings is 1. The number of hydrogen-bond acceptors (Lipinski definition) is 8. The van der Waals surface area contributed by atoms with E-state index < -0.39 is 18.3 Å². The van der Waals surface area contributed by atoms with E-state index in [0.717, 1.165) is 12.8 Å². The molecule has 1 aromatic carbocycles. The first-order valence-electron chi connectivity index (χ1n) is 14.1. The maximum absolute atomic E-state index is 14.1. The summed E-state index contributed by atoms with van der Waals surface area (Å²) in [6, 6.07) is 8.21. The van der Waals surface area contributed by atoms with Gasteiger partial charge in [-0.3, -0.25) is 14.2 Å². The van der Waals surface area contributed by atoms with Gasteiger partial charge in [0, 0.05) is 38.7 Å². The van der Waals surface area contributed by atoms with Crippen LogP contribution in [-0.4, -0.2) is 87.3 Å². The number of para-hydroxylation sites is 2. The molecule has 0 bridgehead atoms. The average molecular weight is 570 g/mol. The number of morpholine rings is 1. The summed E-state index contributed by atoms with van der Waals surface area (Å²) in [5.41, 5.74) is 0.973. The average Bonchev–Trinajstić information content (AvgIpc) is 3.54. The maximum Gasteiger partial charge on any atom is 0.296 e. The van der Waals surface area contributed by atoms with E-state index in [1.165, 1.54) is 11.5 Å². The molecule has 2 saturated heterocycles. The molecule has 0 spiro atoms. The molecule has 2 amide bonds. The molecule has 1 N–H and O–H groups in total. The van der Waals surface area contributed by atoms with Crippen LogP contribution in [0.4, 0.5) is 14.7 Å². The Morgan fingerprint density at radius 3 is 2.54 bits per heavy atom. The molecule has 1 aliphatic carbocycles. The summed E-state index contributed by atoms with van der Waals surface area (Å²) < 4.78 is 41.5. The predicted octanol–water partition coefficient (Wildman–Crippen LogP) is 3.02. The molecule has 13 heteroatoms. The molecule has 41 heavy (non-hydrogen) atoms. The monoisotopic (exact) mass is 569 g/mol. The Kier molecular flexibility index (Phi) is 7.69. The summed E-state index contributed by atoms with van der Waals surface area (Å²) in [5.74, 6) is 0.341. The van der Waals surface area contributed by atoms with Crippen molar-refractivity contribution in [1.29, 1.82) is 0 Å². The maximum atomic E-state index is 14.1. The van der Waals surface area contributed by atoms with Gasteiger partial charge in [-0.1, -0.05) is 12.1 Å². The van der Waals surface area contributed by atoms with Gasteiger partial charge in [-0.05, 0) is 44.2 Å². The van der Waals surface area contributed by atoms with Gasteiger partial charge >= 0.3 is 0 Å². The van der Waals surface area contributed by atoms with Gasteiger partial charge in [0.25, 0.3) is 6.43 Å². The molecule has 218 valence electrons. The highest BCUT2D eigenvalue weighted by atomic mass is 19.3. The summed E-state index contributed by atoms with van der Waals surface area (Å²) in [5, 5.41) is 2.74. The van der Waals surface area contributed by atoms with Crippen LogP contribution in [0, 0.1) is 0 Å². The van der Waals surface area contributed by atoms with E-state index in [0.29, 0.717) is 75.0 Å². The Bertz CT molecular complexity index is 1420. The lowest BCUT2D eigenvalue weighted by atomic mass is 9.92. The topological polar surface area (TPSA) is 115 Å². The van der Waals surface area contributed by atoms with Crippen molar-refractivity contribution in [3.8, 4) is 11.7 Å². The number of ether oxygens (including phenoxy) is 2. The van der Waals surface area contributed by atoms with Crippen molar-refractivity contribution in [2.45, 2.75) is 63.6 Å². The zero-order chi connectivity index (χ0) is 28.5. The molecule has 6 rings (SSSR count). The minimum atomic E-state index is -2.80. The third-order valence-corrected chi connectivity index (χ3v) is 7.97. The first-order valence-corrected chi connectivity index (χ1v) is 14.1. The van der Waals surface area contributed by atoms with Gasteiger partial charge in [-0.15, -0.1) is 0 Å². The number of aromatic nitrogens is 4. The third kappa shape index (κ3) is 5.67. The van der Waals surface area contributed by atoms with Crippen LogP contribution in [0.25, 0.3) is 16.9 Å². The molecule has 2 aromatic heterocycles. The summed E-state index contributed by atoms with van der Waals surface area (Å²) >= 11 is 0. The van der Waals surface area contributed by atoms with Crippen molar-refractivity contribution in [2.75, 3.05) is 37.7 Å². The predicted molar refractivity (Wildman–Crippen MR) is 145 cm³/mol. The summed E-state index contributed by atoms with van der Waals surface area (Å²) in [6.07, 6.45) is 0.612. The normalized spacial score (nSPS) is 23.4. The number of halogens is 2. The van der Waals surface area contributed by atoms with Crippen molar-refractivity contribution in [1.82, 2.24) is 29.7 Å². The number of nitrogens with zero attached hydrogens (tertiary/aromatic N) is 6. The first-order chi connectivity index (χ1) is 19.9. The SMILES string of the molecule is CC(=O)N[C@H]1CCN(C2CCC(Oc3cc(-n4c(C(F)F)nc5ccccc54)nc(N4CCOCC4)n3)CC2)C1=O. The van der Waals surface area contributed by atoms with Crippen LogP contribution in [0.5, 0.6) is 5.88 Å². The Balaban J connectivity index is 1.24. The fourth-order valence-electron chi connectivity index (χ4n) is 6.00. The lowest BCUT2D eigenvalue weighted by Gasteiger charge is -2.34. The van der Waals surface area contributed by atoms with Crippen molar-refractivity contribution in [3.63, 3.8) is 0 Å². The largest absolute Gasteiger partial charge is 0.474 e. The van der Waals surface area contributed by atoms with Gasteiger partial charge in [0.05, 0.1) is 24.2 Å². The second-order valence-electron chi connectivity index (χ2n) is 10.7. The molecule has 3 aromatic rings. The van der Waals surface area contributed by atoms with E-state index in [1.54, 1.807) is 30.3 Å². The van der Waals surface area contributed by atoms with Crippen LogP contribution >= 0.6 is 0 Å². The molecule has 0 radical (unpaired) electrons. The fourth-order valence-corrected chi connectivity index (χ4v) is 6.00. The zero-order valence-corrected chi connectivity index (χ0v) is 22.8. The minimum absolute atomic E-state index is 0.0254. The van der Waals surface area contributed by atoms with Gasteiger partial charge in [-0.2, -0.15) is 9.97 Å². The van der Waals surface area contributed by atoms with Crippen molar-refractivity contribution >= 4 is 28.8 Å². The number of carbonyl (C=O) groups is 2. The summed E-state index contributed by atoms with van der Waals surface area (Å²) in [7, 11) is 0. The third-order valence-electron chi connectivity index (χ3n) is 7.97. The Labute approximate surface area is 235 Å². The fraction of sp³-hybridized carbons (Fsp3) is 0.536. The van der Waals surface area contributed by atoms with Crippen molar-refractivity contribution < 1.29 is 27.8 Å². The second kappa shape index (κ2) is 11.6. The van der Waals surface area contributed by atoms with Crippen LogP contribution in [0.15, 0.2) is 30.3 Å². The number of alkyl halides is 2. The number of likely N-dealkylation sites (tertiary alicyclic amines) is 1. The van der Waals surface area contributed by atoms with Gasteiger partial charge in [-0.25, -0.2) is 13.8 Å². The van der Waals surface area contributed by atoms with Crippen molar-refractivity contribution in [3.05, 3.63) is 36.2 Å². The van der Waals surface area contributed by atoms with Crippen LogP contribution in [0.1, 0.15) is 51.3 Å². The Morgan fingerprint density at radius 2 is 1.80 bits per heavy atom. The van der Waals surface area contributed by atoms with E-state index >= 15 is 0 Å². The van der Waals surface area contributed by atoms with Crippen molar-refractivity contribution in [2.24, 2.45) is 0 Å². The Hall–Kier alpha value is -3.87. The molecule has 3 aliphatic rings. The van der Waals surface area contributed by atoms with Gasteiger partial charge in [0.1, 0.15) is 18.0 Å². The van der Waals surface area contributed by atoms with E-state index in [-0.39, 0.29) is 29.8 Å². The lowest BCUT2D eigenvalue weighted by molar-refractivity contribution is -0.134. The molecule has 3 fully saturated rings. The van der Waals surface area contributed by atoms with E-state index in [9.17, 15) is 18.4 Å². The number of fused-ring (bicyclic) bond motifs is 1. The lowest BCUT2D eigenvalue weighted by Crippen LogP contribution is -2.45. The molecule has 11 nitrogen and oxygen atoms in total. The number of nitrogens with one attached hydrogen (secondary N) is 1. The van der Waals surface area contributed by atoms with E-state index in [1.807, 2.05) is 9.80 Å². The highest BCUT2D eigenvalue weighted by molar-refractivity contribution is 5.88. The molecule has 1 atom stereocenters. The summed E-state index contributed by atoms with van der Waals surface area (Å²) in [4.78, 5) is 41.6. The molecule has 4 heterocycles. The molecule has 1 saturated carbocycles. The van der Waals surface area contributed by atoms with Gasteiger partial charge in [0.15, 0.2) is 5.82 Å². The standard InChI is InChI=1S/C28H33F2N7O4/c1-17(38)31-21-10-11-36(27(21)39)18-6-8-19(9-7-18)41-24-16-23(33-28(34-24)35-12-14-40-15-13-35)37-22-5-3-2-4-20(22)32-26(37)25(29)30/h2-5,16,18-19,21,25H,6-15H2,1H3,(H,31,38)/t18?,19?,21-/m0/s1.